The number of non-ortho nitro benzene ring substituents is 1. The minimum atomic E-state index is -0.528. The van der Waals surface area contributed by atoms with Crippen LogP contribution in [0, 0.1) is 10.1 Å². The van der Waals surface area contributed by atoms with Crippen molar-refractivity contribution in [1.82, 2.24) is 0 Å². The van der Waals surface area contributed by atoms with Gasteiger partial charge in [-0.25, -0.2) is 4.79 Å². The Kier molecular flexibility index (Phi) is 6.11. The fraction of sp³-hybridized carbons (Fsp3) is 0.167. The molecule has 2 aromatic rings. The maximum absolute atomic E-state index is 11.8. The van der Waals surface area contributed by atoms with Crippen LogP contribution in [0.3, 0.4) is 0 Å². The largest absolute Gasteiger partial charge is 0.497 e. The summed E-state index contributed by atoms with van der Waals surface area (Å²) in [6.45, 7) is 0.0304. The third-order valence-electron chi connectivity index (χ3n) is 3.31. The summed E-state index contributed by atoms with van der Waals surface area (Å²) in [5.41, 5.74) is 1.38. The zero-order valence-corrected chi connectivity index (χ0v) is 13.8. The third kappa shape index (κ3) is 5.35. The summed E-state index contributed by atoms with van der Waals surface area (Å²) in [7, 11) is 3.08. The van der Waals surface area contributed by atoms with Crippen molar-refractivity contribution < 1.29 is 23.9 Å². The summed E-state index contributed by atoms with van der Waals surface area (Å²) in [5.74, 6) is 0.691. The van der Waals surface area contributed by atoms with Gasteiger partial charge in [-0.1, -0.05) is 0 Å². The fourth-order valence-corrected chi connectivity index (χ4v) is 2.01. The number of hydrogen-bond donors (Lipinski definition) is 0. The van der Waals surface area contributed by atoms with Crippen LogP contribution in [-0.2, 0) is 16.1 Å². The standard InChI is InChI=1S/C18H17NO6/c1-23-16-9-14(10-17(11-16)24-2)5-8-18(20)25-12-13-3-6-15(7-4-13)19(21)22/h3-11H,12H2,1-2H3/b8-5+. The quantitative estimate of drug-likeness (QED) is 0.331. The highest BCUT2D eigenvalue weighted by molar-refractivity contribution is 5.87. The van der Waals surface area contributed by atoms with Crippen LogP contribution in [-0.4, -0.2) is 25.1 Å². The van der Waals surface area contributed by atoms with Gasteiger partial charge in [0.15, 0.2) is 0 Å². The molecule has 130 valence electrons. The molecule has 0 unspecified atom stereocenters. The van der Waals surface area contributed by atoms with Gasteiger partial charge in [-0.3, -0.25) is 10.1 Å². The highest BCUT2D eigenvalue weighted by Crippen LogP contribution is 2.23. The molecule has 0 spiro atoms. The summed E-state index contributed by atoms with van der Waals surface area (Å²) in [4.78, 5) is 21.9. The lowest BCUT2D eigenvalue weighted by Crippen LogP contribution is -2.01. The van der Waals surface area contributed by atoms with Crippen LogP contribution >= 0.6 is 0 Å². The van der Waals surface area contributed by atoms with E-state index in [0.717, 1.165) is 5.56 Å². The Morgan fingerprint density at radius 1 is 1.08 bits per heavy atom. The zero-order chi connectivity index (χ0) is 18.2. The van der Waals surface area contributed by atoms with Gasteiger partial charge >= 0.3 is 5.97 Å². The normalized spacial score (nSPS) is 10.5. The Hall–Kier alpha value is -3.35. The molecule has 0 N–H and O–H groups in total. The van der Waals surface area contributed by atoms with Gasteiger partial charge in [0, 0.05) is 24.3 Å². The van der Waals surface area contributed by atoms with E-state index >= 15 is 0 Å². The highest BCUT2D eigenvalue weighted by atomic mass is 16.6. The summed E-state index contributed by atoms with van der Waals surface area (Å²) in [6.07, 6.45) is 2.88. The average molecular weight is 343 g/mol. The molecule has 0 atom stereocenters. The zero-order valence-electron chi connectivity index (χ0n) is 13.8. The molecule has 2 rings (SSSR count). The number of carbonyl (C=O) groups excluding carboxylic acids is 1. The maximum Gasteiger partial charge on any atom is 0.331 e. The van der Waals surface area contributed by atoms with Crippen LogP contribution in [0.1, 0.15) is 11.1 Å². The number of carbonyl (C=O) groups is 1. The van der Waals surface area contributed by atoms with Crippen molar-refractivity contribution in [3.63, 3.8) is 0 Å². The number of nitro benzene ring substituents is 1. The molecule has 25 heavy (non-hydrogen) atoms. The molecule has 0 aliphatic heterocycles. The van der Waals surface area contributed by atoms with Crippen LogP contribution in [0.15, 0.2) is 48.5 Å². The first-order valence-corrected chi connectivity index (χ1v) is 7.33. The van der Waals surface area contributed by atoms with Crippen molar-refractivity contribution in [1.29, 1.82) is 0 Å². The average Bonchev–Trinajstić information content (AvgIpc) is 2.64. The number of methoxy groups -OCH3 is 2. The van der Waals surface area contributed by atoms with E-state index in [0.29, 0.717) is 17.1 Å². The minimum Gasteiger partial charge on any atom is -0.497 e. The molecular formula is C18H17NO6. The first kappa shape index (κ1) is 18.0. The first-order valence-electron chi connectivity index (χ1n) is 7.33. The number of hydrogen-bond acceptors (Lipinski definition) is 6. The third-order valence-corrected chi connectivity index (χ3v) is 3.31. The van der Waals surface area contributed by atoms with E-state index < -0.39 is 10.9 Å². The number of esters is 1. The van der Waals surface area contributed by atoms with Crippen molar-refractivity contribution in [2.45, 2.75) is 6.61 Å². The summed E-state index contributed by atoms with van der Waals surface area (Å²) in [6, 6.07) is 11.0. The maximum atomic E-state index is 11.8. The summed E-state index contributed by atoms with van der Waals surface area (Å²) < 4.78 is 15.4. The second kappa shape index (κ2) is 8.49. The van der Waals surface area contributed by atoms with Crippen molar-refractivity contribution in [2.24, 2.45) is 0 Å². The van der Waals surface area contributed by atoms with E-state index in [-0.39, 0.29) is 12.3 Å². The summed E-state index contributed by atoms with van der Waals surface area (Å²) >= 11 is 0. The molecule has 0 aliphatic rings. The van der Waals surface area contributed by atoms with Crippen LogP contribution < -0.4 is 9.47 Å². The van der Waals surface area contributed by atoms with E-state index in [9.17, 15) is 14.9 Å². The number of rotatable bonds is 7. The summed E-state index contributed by atoms with van der Waals surface area (Å²) in [5, 5.41) is 10.6. The van der Waals surface area contributed by atoms with E-state index in [1.807, 2.05) is 0 Å². The lowest BCUT2D eigenvalue weighted by molar-refractivity contribution is -0.384. The molecule has 0 aliphatic carbocycles. The Bertz CT molecular complexity index is 760. The predicted molar refractivity (Wildman–Crippen MR) is 91.5 cm³/mol. The van der Waals surface area contributed by atoms with Gasteiger partial charge in [0.05, 0.1) is 19.1 Å². The van der Waals surface area contributed by atoms with E-state index in [2.05, 4.69) is 0 Å². The number of nitrogens with zero attached hydrogens (tertiary/aromatic N) is 1. The molecule has 0 amide bonds. The van der Waals surface area contributed by atoms with Crippen molar-refractivity contribution in [3.8, 4) is 11.5 Å². The van der Waals surface area contributed by atoms with Crippen LogP contribution in [0.2, 0.25) is 0 Å². The van der Waals surface area contributed by atoms with Crippen LogP contribution in [0.4, 0.5) is 5.69 Å². The second-order valence-electron chi connectivity index (χ2n) is 5.01. The smallest absolute Gasteiger partial charge is 0.331 e. The molecule has 7 heteroatoms. The van der Waals surface area contributed by atoms with Gasteiger partial charge in [-0.15, -0.1) is 0 Å². The van der Waals surface area contributed by atoms with Gasteiger partial charge in [0.2, 0.25) is 0 Å². The van der Waals surface area contributed by atoms with Gasteiger partial charge in [-0.2, -0.15) is 0 Å². The first-order chi connectivity index (χ1) is 12.0. The van der Waals surface area contributed by atoms with E-state index in [4.69, 9.17) is 14.2 Å². The van der Waals surface area contributed by atoms with E-state index in [1.54, 1.807) is 50.6 Å². The van der Waals surface area contributed by atoms with Crippen LogP contribution in [0.5, 0.6) is 11.5 Å². The Labute approximate surface area is 144 Å². The Morgan fingerprint density at radius 3 is 2.20 bits per heavy atom. The van der Waals surface area contributed by atoms with Crippen LogP contribution in [0.25, 0.3) is 6.08 Å². The van der Waals surface area contributed by atoms with Gasteiger partial charge < -0.3 is 14.2 Å². The Balaban J connectivity index is 1.95. The number of ether oxygens (including phenoxy) is 3. The number of benzene rings is 2. The van der Waals surface area contributed by atoms with Crippen molar-refractivity contribution >= 4 is 17.7 Å². The minimum absolute atomic E-state index is 0.0121. The molecule has 0 heterocycles. The van der Waals surface area contributed by atoms with Gasteiger partial charge in [-0.05, 0) is 41.5 Å². The lowest BCUT2D eigenvalue weighted by Gasteiger charge is -2.06. The number of nitro groups is 1. The molecular weight excluding hydrogens is 326 g/mol. The molecule has 0 bridgehead atoms. The lowest BCUT2D eigenvalue weighted by atomic mass is 10.2. The monoisotopic (exact) mass is 343 g/mol. The van der Waals surface area contributed by atoms with Crippen molar-refractivity contribution in [3.05, 3.63) is 69.8 Å². The molecule has 0 fully saturated rings. The molecule has 0 saturated heterocycles. The Morgan fingerprint density at radius 2 is 1.68 bits per heavy atom. The molecule has 0 saturated carbocycles. The van der Waals surface area contributed by atoms with E-state index in [1.165, 1.54) is 18.2 Å². The van der Waals surface area contributed by atoms with Gasteiger partial charge in [0.1, 0.15) is 18.1 Å². The molecule has 0 radical (unpaired) electrons. The molecule has 0 aromatic heterocycles. The predicted octanol–water partition coefficient (Wildman–Crippen LogP) is 3.37. The topological polar surface area (TPSA) is 87.9 Å². The highest BCUT2D eigenvalue weighted by Gasteiger charge is 2.05. The van der Waals surface area contributed by atoms with Crippen molar-refractivity contribution in [2.75, 3.05) is 14.2 Å². The molecule has 2 aromatic carbocycles. The van der Waals surface area contributed by atoms with Gasteiger partial charge in [0.25, 0.3) is 5.69 Å². The SMILES string of the molecule is COc1cc(/C=C/C(=O)OCc2ccc([N+](=O)[O-])cc2)cc(OC)c1. The molecule has 7 nitrogen and oxygen atoms in total. The second-order valence-corrected chi connectivity index (χ2v) is 5.01. The fourth-order valence-electron chi connectivity index (χ4n) is 2.01.